The molecule has 0 saturated carbocycles. The Morgan fingerprint density at radius 2 is 1.76 bits per heavy atom. The van der Waals surface area contributed by atoms with Gasteiger partial charge in [0.15, 0.2) is 0 Å². The number of aromatic nitrogens is 1. The zero-order valence-electron chi connectivity index (χ0n) is 12.9. The van der Waals surface area contributed by atoms with E-state index in [-0.39, 0.29) is 0 Å². The Kier molecular flexibility index (Phi) is 7.30. The fraction of sp³-hybridized carbons (Fsp3) is 0.500. The summed E-state index contributed by atoms with van der Waals surface area (Å²) in [5, 5.41) is 3.18. The van der Waals surface area contributed by atoms with Crippen LogP contribution in [-0.2, 0) is 6.42 Å². The maximum Gasteiger partial charge on any atom is 0.119 e. The lowest BCUT2D eigenvalue weighted by Crippen LogP contribution is -1.97. The fourth-order valence-corrected chi connectivity index (χ4v) is 2.94. The van der Waals surface area contributed by atoms with E-state index in [0.717, 1.165) is 30.2 Å². The van der Waals surface area contributed by atoms with E-state index in [2.05, 4.69) is 36.2 Å². The van der Waals surface area contributed by atoms with E-state index >= 15 is 0 Å². The molecule has 0 spiro atoms. The highest BCUT2D eigenvalue weighted by molar-refractivity contribution is 7.09. The van der Waals surface area contributed by atoms with Crippen LogP contribution < -0.4 is 4.74 Å². The number of hydrogen-bond donors (Lipinski definition) is 0. The van der Waals surface area contributed by atoms with Crippen molar-refractivity contribution >= 4 is 11.3 Å². The molecule has 21 heavy (non-hydrogen) atoms. The molecule has 0 aliphatic carbocycles. The van der Waals surface area contributed by atoms with Crippen molar-refractivity contribution in [3.05, 3.63) is 46.4 Å². The summed E-state index contributed by atoms with van der Waals surface area (Å²) in [4.78, 5) is 4.31. The minimum atomic E-state index is 0.831. The van der Waals surface area contributed by atoms with Crippen molar-refractivity contribution in [3.63, 3.8) is 0 Å². The van der Waals surface area contributed by atoms with Crippen LogP contribution in [0.15, 0.2) is 35.8 Å². The van der Waals surface area contributed by atoms with Gasteiger partial charge in [-0.15, -0.1) is 11.3 Å². The minimum Gasteiger partial charge on any atom is -0.494 e. The highest BCUT2D eigenvalue weighted by Crippen LogP contribution is 2.17. The summed E-state index contributed by atoms with van der Waals surface area (Å²) in [6.07, 6.45) is 10.6. The summed E-state index contributed by atoms with van der Waals surface area (Å²) in [6.45, 7) is 3.08. The Labute approximate surface area is 132 Å². The molecule has 0 bridgehead atoms. The molecule has 0 aliphatic heterocycles. The highest BCUT2D eigenvalue weighted by atomic mass is 32.1. The second-order valence-corrected chi connectivity index (χ2v) is 6.34. The largest absolute Gasteiger partial charge is 0.494 e. The van der Waals surface area contributed by atoms with Gasteiger partial charge >= 0.3 is 0 Å². The maximum atomic E-state index is 5.79. The van der Waals surface area contributed by atoms with E-state index in [1.165, 1.54) is 37.7 Å². The Bertz CT molecular complexity index is 478. The van der Waals surface area contributed by atoms with Crippen molar-refractivity contribution in [1.82, 2.24) is 4.98 Å². The lowest BCUT2D eigenvalue weighted by atomic mass is 10.1. The molecular weight excluding hydrogens is 278 g/mol. The van der Waals surface area contributed by atoms with Crippen molar-refractivity contribution in [2.75, 3.05) is 6.61 Å². The van der Waals surface area contributed by atoms with Crippen molar-refractivity contribution in [2.45, 2.75) is 51.9 Å². The molecule has 0 fully saturated rings. The van der Waals surface area contributed by atoms with Gasteiger partial charge in [0.25, 0.3) is 0 Å². The first-order valence-electron chi connectivity index (χ1n) is 7.98. The van der Waals surface area contributed by atoms with E-state index in [4.69, 9.17) is 4.74 Å². The van der Waals surface area contributed by atoms with Gasteiger partial charge < -0.3 is 4.74 Å². The van der Waals surface area contributed by atoms with E-state index in [0.29, 0.717) is 0 Å². The molecule has 0 unspecified atom stereocenters. The summed E-state index contributed by atoms with van der Waals surface area (Å²) in [6, 6.07) is 8.41. The van der Waals surface area contributed by atoms with Crippen LogP contribution in [-0.4, -0.2) is 11.6 Å². The van der Waals surface area contributed by atoms with Gasteiger partial charge in [-0.2, -0.15) is 0 Å². The molecule has 3 heteroatoms. The average molecular weight is 303 g/mol. The molecule has 0 atom stereocenters. The SMILES string of the molecule is CCCCCCCCOc1ccc(Cc2nccs2)cc1. The second kappa shape index (κ2) is 9.56. The predicted octanol–water partition coefficient (Wildman–Crippen LogP) is 5.47. The van der Waals surface area contributed by atoms with Crippen molar-refractivity contribution in [1.29, 1.82) is 0 Å². The number of hydrogen-bond acceptors (Lipinski definition) is 3. The average Bonchev–Trinajstić information content (AvgIpc) is 3.01. The van der Waals surface area contributed by atoms with Gasteiger partial charge in [0.2, 0.25) is 0 Å². The van der Waals surface area contributed by atoms with E-state index < -0.39 is 0 Å². The van der Waals surface area contributed by atoms with Crippen LogP contribution in [0.1, 0.15) is 56.0 Å². The molecule has 0 N–H and O–H groups in total. The Morgan fingerprint density at radius 3 is 2.48 bits per heavy atom. The highest BCUT2D eigenvalue weighted by Gasteiger charge is 2.00. The first-order valence-corrected chi connectivity index (χ1v) is 8.86. The molecule has 0 aliphatic rings. The fourth-order valence-electron chi connectivity index (χ4n) is 2.29. The van der Waals surface area contributed by atoms with Gasteiger partial charge in [-0.25, -0.2) is 4.98 Å². The lowest BCUT2D eigenvalue weighted by Gasteiger charge is -2.07. The van der Waals surface area contributed by atoms with Crippen LogP contribution in [0.3, 0.4) is 0 Å². The van der Waals surface area contributed by atoms with Crippen LogP contribution in [0.4, 0.5) is 0 Å². The van der Waals surface area contributed by atoms with Gasteiger partial charge in [0.1, 0.15) is 5.75 Å². The third-order valence-corrected chi connectivity index (χ3v) is 4.31. The van der Waals surface area contributed by atoms with Gasteiger partial charge in [-0.1, -0.05) is 51.2 Å². The first-order chi connectivity index (χ1) is 10.4. The number of rotatable bonds is 10. The Morgan fingerprint density at radius 1 is 1.00 bits per heavy atom. The molecule has 1 heterocycles. The van der Waals surface area contributed by atoms with Crippen LogP contribution >= 0.6 is 11.3 Å². The smallest absolute Gasteiger partial charge is 0.119 e. The normalized spacial score (nSPS) is 10.7. The quantitative estimate of drug-likeness (QED) is 0.543. The molecular formula is C18H25NOS. The van der Waals surface area contributed by atoms with Gasteiger partial charge in [-0.3, -0.25) is 0 Å². The van der Waals surface area contributed by atoms with Crippen molar-refractivity contribution < 1.29 is 4.74 Å². The monoisotopic (exact) mass is 303 g/mol. The standard InChI is InChI=1S/C18H25NOS/c1-2-3-4-5-6-7-13-20-17-10-8-16(9-11-17)15-18-19-12-14-21-18/h8-12,14H,2-7,13,15H2,1H3. The number of benzene rings is 1. The number of nitrogens with zero attached hydrogens (tertiary/aromatic N) is 1. The third kappa shape index (κ3) is 6.30. The molecule has 1 aromatic carbocycles. The van der Waals surface area contributed by atoms with Crippen molar-refractivity contribution in [2.24, 2.45) is 0 Å². The topological polar surface area (TPSA) is 22.1 Å². The van der Waals surface area contributed by atoms with E-state index in [9.17, 15) is 0 Å². The Balaban J connectivity index is 1.63. The third-order valence-electron chi connectivity index (χ3n) is 3.53. The first kappa shape index (κ1) is 16.0. The second-order valence-electron chi connectivity index (χ2n) is 5.36. The molecule has 0 saturated heterocycles. The summed E-state index contributed by atoms with van der Waals surface area (Å²) in [5.74, 6) is 0.978. The van der Waals surface area contributed by atoms with Gasteiger partial charge in [0, 0.05) is 18.0 Å². The number of ether oxygens (including phenoxy) is 1. The number of thiazole rings is 1. The summed E-state index contributed by atoms with van der Waals surface area (Å²) in [7, 11) is 0. The molecule has 2 aromatic rings. The molecule has 0 radical (unpaired) electrons. The van der Waals surface area contributed by atoms with Crippen LogP contribution in [0, 0.1) is 0 Å². The number of unbranched alkanes of at least 4 members (excludes halogenated alkanes) is 5. The zero-order valence-corrected chi connectivity index (χ0v) is 13.7. The molecule has 114 valence electrons. The Hall–Kier alpha value is -1.35. The summed E-state index contributed by atoms with van der Waals surface area (Å²) < 4.78 is 5.79. The summed E-state index contributed by atoms with van der Waals surface area (Å²) in [5.41, 5.74) is 1.29. The van der Waals surface area contributed by atoms with E-state index in [1.54, 1.807) is 11.3 Å². The van der Waals surface area contributed by atoms with Crippen molar-refractivity contribution in [3.8, 4) is 5.75 Å². The summed E-state index contributed by atoms with van der Waals surface area (Å²) >= 11 is 1.70. The zero-order chi connectivity index (χ0) is 14.8. The molecule has 2 nitrogen and oxygen atoms in total. The van der Waals surface area contributed by atoms with Crippen LogP contribution in [0.5, 0.6) is 5.75 Å². The lowest BCUT2D eigenvalue weighted by molar-refractivity contribution is 0.304. The van der Waals surface area contributed by atoms with Crippen LogP contribution in [0.25, 0.3) is 0 Å². The maximum absolute atomic E-state index is 5.79. The van der Waals surface area contributed by atoms with Crippen LogP contribution in [0.2, 0.25) is 0 Å². The molecule has 0 amide bonds. The minimum absolute atomic E-state index is 0.831. The van der Waals surface area contributed by atoms with Gasteiger partial charge in [0.05, 0.1) is 11.6 Å². The van der Waals surface area contributed by atoms with Gasteiger partial charge in [-0.05, 0) is 24.1 Å². The van der Waals surface area contributed by atoms with E-state index in [1.807, 2.05) is 11.6 Å². The molecule has 1 aromatic heterocycles. The predicted molar refractivity (Wildman–Crippen MR) is 90.2 cm³/mol. The molecule has 2 rings (SSSR count).